The monoisotopic (exact) mass is 284 g/mol. The molecule has 1 saturated heterocycles. The summed E-state index contributed by atoms with van der Waals surface area (Å²) in [4.78, 5) is 27.4. The fraction of sp³-hybridized carbons (Fsp3) is 0.867. The number of aliphatic carboxylic acids is 1. The number of carbonyl (C=O) groups excluding carboxylic acids is 1. The van der Waals surface area contributed by atoms with Crippen LogP contribution in [0.1, 0.15) is 52.9 Å². The van der Waals surface area contributed by atoms with Gasteiger partial charge in [0.15, 0.2) is 0 Å². The summed E-state index contributed by atoms with van der Waals surface area (Å²) in [6.45, 7) is 8.92. The first-order valence-electron chi connectivity index (χ1n) is 7.78. The molecule has 0 radical (unpaired) electrons. The fourth-order valence-electron chi connectivity index (χ4n) is 3.21. The Kier molecular flexibility index (Phi) is 6.46. The zero-order valence-corrected chi connectivity index (χ0v) is 13.0. The van der Waals surface area contributed by atoms with E-state index in [1.807, 2.05) is 25.7 Å². The average Bonchev–Trinajstić information content (AvgIpc) is 2.84. The minimum Gasteiger partial charge on any atom is -0.480 e. The third-order valence-electron chi connectivity index (χ3n) is 4.54. The molecule has 1 fully saturated rings. The molecule has 0 aliphatic carbocycles. The molecule has 0 aromatic heterocycles. The molecule has 116 valence electrons. The number of carbonyl (C=O) groups is 2. The van der Waals surface area contributed by atoms with Crippen molar-refractivity contribution in [2.24, 2.45) is 0 Å². The first kappa shape index (κ1) is 17.0. The van der Waals surface area contributed by atoms with Crippen molar-refractivity contribution in [3.8, 4) is 0 Å². The van der Waals surface area contributed by atoms with Gasteiger partial charge in [0.1, 0.15) is 5.54 Å². The van der Waals surface area contributed by atoms with Crippen molar-refractivity contribution in [2.75, 3.05) is 26.2 Å². The van der Waals surface area contributed by atoms with Gasteiger partial charge in [0.2, 0.25) is 5.91 Å². The van der Waals surface area contributed by atoms with Gasteiger partial charge < -0.3 is 10.0 Å². The fourth-order valence-corrected chi connectivity index (χ4v) is 3.21. The van der Waals surface area contributed by atoms with Gasteiger partial charge in [0.25, 0.3) is 0 Å². The summed E-state index contributed by atoms with van der Waals surface area (Å²) in [6, 6.07) is 0. The Bertz CT molecular complexity index is 342. The number of nitrogens with zero attached hydrogens (tertiary/aromatic N) is 2. The van der Waals surface area contributed by atoms with Crippen molar-refractivity contribution >= 4 is 11.9 Å². The Morgan fingerprint density at radius 3 is 2.40 bits per heavy atom. The van der Waals surface area contributed by atoms with Crippen molar-refractivity contribution in [2.45, 2.75) is 58.4 Å². The van der Waals surface area contributed by atoms with Gasteiger partial charge in [0, 0.05) is 19.5 Å². The quantitative estimate of drug-likeness (QED) is 0.740. The lowest BCUT2D eigenvalue weighted by atomic mass is 9.93. The number of hydrogen-bond donors (Lipinski definition) is 1. The van der Waals surface area contributed by atoms with Crippen LogP contribution in [-0.4, -0.2) is 58.5 Å². The zero-order chi connectivity index (χ0) is 15.2. The van der Waals surface area contributed by atoms with E-state index < -0.39 is 11.5 Å². The van der Waals surface area contributed by atoms with E-state index in [4.69, 9.17) is 0 Å². The Morgan fingerprint density at radius 2 is 1.90 bits per heavy atom. The maximum absolute atomic E-state index is 11.9. The van der Waals surface area contributed by atoms with Crippen molar-refractivity contribution in [1.82, 2.24) is 9.80 Å². The van der Waals surface area contributed by atoms with Gasteiger partial charge in [-0.3, -0.25) is 14.5 Å². The van der Waals surface area contributed by atoms with Gasteiger partial charge in [-0.05, 0) is 52.6 Å². The van der Waals surface area contributed by atoms with Gasteiger partial charge in [-0.15, -0.1) is 0 Å². The summed E-state index contributed by atoms with van der Waals surface area (Å²) in [5.41, 5.74) is -0.696. The molecule has 1 rings (SSSR count). The molecule has 1 heterocycles. The highest BCUT2D eigenvalue weighted by atomic mass is 16.4. The van der Waals surface area contributed by atoms with Crippen LogP contribution in [0.2, 0.25) is 0 Å². The Labute approximate surface area is 121 Å². The highest BCUT2D eigenvalue weighted by molar-refractivity contribution is 5.79. The highest BCUT2D eigenvalue weighted by Crippen LogP contribution is 2.32. The molecular weight excluding hydrogens is 256 g/mol. The van der Waals surface area contributed by atoms with Crippen LogP contribution in [0.4, 0.5) is 0 Å². The highest BCUT2D eigenvalue weighted by Gasteiger charge is 2.45. The molecule has 1 amide bonds. The topological polar surface area (TPSA) is 60.9 Å². The number of amides is 1. The summed E-state index contributed by atoms with van der Waals surface area (Å²) in [6.07, 6.45) is 3.54. The van der Waals surface area contributed by atoms with Gasteiger partial charge in [-0.25, -0.2) is 0 Å². The van der Waals surface area contributed by atoms with Gasteiger partial charge in [0.05, 0.1) is 0 Å². The Balaban J connectivity index is 2.49. The number of carboxylic acid groups (broad SMARTS) is 1. The maximum Gasteiger partial charge on any atom is 0.324 e. The minimum atomic E-state index is -0.715. The number of carboxylic acids is 1. The molecule has 5 heteroatoms. The van der Waals surface area contributed by atoms with E-state index in [0.29, 0.717) is 19.4 Å². The molecule has 0 bridgehead atoms. The van der Waals surface area contributed by atoms with Crippen LogP contribution in [0.25, 0.3) is 0 Å². The molecule has 1 aliphatic rings. The lowest BCUT2D eigenvalue weighted by Crippen LogP contribution is -2.50. The summed E-state index contributed by atoms with van der Waals surface area (Å²) in [5.74, 6) is -0.542. The second-order valence-electron chi connectivity index (χ2n) is 5.45. The summed E-state index contributed by atoms with van der Waals surface area (Å²) >= 11 is 0. The van der Waals surface area contributed by atoms with E-state index in [1.165, 1.54) is 0 Å². The van der Waals surface area contributed by atoms with Gasteiger partial charge >= 0.3 is 5.97 Å². The van der Waals surface area contributed by atoms with Crippen molar-refractivity contribution in [1.29, 1.82) is 0 Å². The number of likely N-dealkylation sites (tertiary alicyclic amines) is 1. The lowest BCUT2D eigenvalue weighted by molar-refractivity contribution is -0.150. The van der Waals surface area contributed by atoms with E-state index in [2.05, 4.69) is 4.90 Å². The van der Waals surface area contributed by atoms with Crippen LogP contribution >= 0.6 is 0 Å². The van der Waals surface area contributed by atoms with Crippen LogP contribution in [0.3, 0.4) is 0 Å². The molecule has 0 aromatic carbocycles. The largest absolute Gasteiger partial charge is 0.480 e. The summed E-state index contributed by atoms with van der Waals surface area (Å²) in [5, 5.41) is 9.49. The van der Waals surface area contributed by atoms with Crippen LogP contribution in [0.15, 0.2) is 0 Å². The third kappa shape index (κ3) is 3.51. The molecule has 20 heavy (non-hydrogen) atoms. The van der Waals surface area contributed by atoms with Crippen LogP contribution in [0.5, 0.6) is 0 Å². The van der Waals surface area contributed by atoms with E-state index in [1.54, 1.807) is 0 Å². The Hall–Kier alpha value is -1.10. The first-order chi connectivity index (χ1) is 9.51. The van der Waals surface area contributed by atoms with Crippen LogP contribution in [0, 0.1) is 0 Å². The summed E-state index contributed by atoms with van der Waals surface area (Å²) < 4.78 is 0. The minimum absolute atomic E-state index is 0.173. The normalized spacial score (nSPS) is 22.9. The number of rotatable bonds is 8. The van der Waals surface area contributed by atoms with Crippen molar-refractivity contribution in [3.05, 3.63) is 0 Å². The third-order valence-corrected chi connectivity index (χ3v) is 4.54. The lowest BCUT2D eigenvalue weighted by Gasteiger charge is -2.34. The van der Waals surface area contributed by atoms with E-state index in [0.717, 1.165) is 38.9 Å². The Morgan fingerprint density at radius 1 is 1.25 bits per heavy atom. The first-order valence-corrected chi connectivity index (χ1v) is 7.78. The molecule has 1 unspecified atom stereocenters. The van der Waals surface area contributed by atoms with Crippen LogP contribution in [-0.2, 0) is 9.59 Å². The van der Waals surface area contributed by atoms with E-state index in [9.17, 15) is 14.7 Å². The molecule has 1 N–H and O–H groups in total. The second kappa shape index (κ2) is 7.62. The van der Waals surface area contributed by atoms with Crippen LogP contribution < -0.4 is 0 Å². The molecule has 0 saturated carbocycles. The second-order valence-corrected chi connectivity index (χ2v) is 5.45. The van der Waals surface area contributed by atoms with E-state index in [-0.39, 0.29) is 5.91 Å². The molecular formula is C15H28N2O3. The molecule has 5 nitrogen and oxygen atoms in total. The average molecular weight is 284 g/mol. The van der Waals surface area contributed by atoms with Gasteiger partial charge in [-0.1, -0.05) is 6.92 Å². The maximum atomic E-state index is 11.9. The molecule has 1 atom stereocenters. The molecule has 0 spiro atoms. The molecule has 1 aliphatic heterocycles. The van der Waals surface area contributed by atoms with E-state index >= 15 is 0 Å². The number of hydrogen-bond acceptors (Lipinski definition) is 3. The predicted molar refractivity (Wildman–Crippen MR) is 78.6 cm³/mol. The predicted octanol–water partition coefficient (Wildman–Crippen LogP) is 1.96. The van der Waals surface area contributed by atoms with Gasteiger partial charge in [-0.2, -0.15) is 0 Å². The van der Waals surface area contributed by atoms with Crippen molar-refractivity contribution < 1.29 is 14.7 Å². The molecule has 0 aromatic rings. The van der Waals surface area contributed by atoms with Crippen molar-refractivity contribution in [3.63, 3.8) is 0 Å². The standard InChI is InChI=1S/C15H28N2O3/c1-4-15(14(19)20)10-8-12-17(15)11-7-9-13(18)16(5-2)6-3/h4-12H2,1-3H3,(H,19,20). The smallest absolute Gasteiger partial charge is 0.324 e. The summed E-state index contributed by atoms with van der Waals surface area (Å²) in [7, 11) is 0. The zero-order valence-electron chi connectivity index (χ0n) is 13.0. The SMILES string of the molecule is CCN(CC)C(=O)CCCN1CCCC1(CC)C(=O)O.